The molecular weight excluding hydrogens is 496 g/mol. The molecule has 1 aromatic carbocycles. The van der Waals surface area contributed by atoms with Gasteiger partial charge in [-0.1, -0.05) is 0 Å². The van der Waals surface area contributed by atoms with E-state index in [1.807, 2.05) is 4.90 Å². The van der Waals surface area contributed by atoms with Crippen LogP contribution in [-0.4, -0.2) is 119 Å². The van der Waals surface area contributed by atoms with Crippen molar-refractivity contribution in [2.24, 2.45) is 0 Å². The van der Waals surface area contributed by atoms with Gasteiger partial charge in [0, 0.05) is 46.7 Å². The summed E-state index contributed by atoms with van der Waals surface area (Å²) in [5, 5.41) is 0. The van der Waals surface area contributed by atoms with Crippen molar-refractivity contribution in [3.05, 3.63) is 23.3 Å². The largest absolute Gasteiger partial charge is 0.497 e. The van der Waals surface area contributed by atoms with Gasteiger partial charge in [-0.05, 0) is 69.5 Å². The van der Waals surface area contributed by atoms with Crippen LogP contribution in [0.2, 0.25) is 0 Å². The fourth-order valence-corrected chi connectivity index (χ4v) is 6.63. The molecule has 0 aromatic heterocycles. The van der Waals surface area contributed by atoms with Crippen LogP contribution in [0.4, 0.5) is 0 Å². The predicted molar refractivity (Wildman–Crippen MR) is 141 cm³/mol. The van der Waals surface area contributed by atoms with Crippen LogP contribution in [0.3, 0.4) is 0 Å². The van der Waals surface area contributed by atoms with E-state index in [4.69, 9.17) is 9.47 Å². The normalized spacial score (nSPS) is 18.5. The van der Waals surface area contributed by atoms with Crippen LogP contribution in [0, 0.1) is 13.8 Å². The highest BCUT2D eigenvalue weighted by Gasteiger charge is 2.31. The molecule has 1 aromatic rings. The molecule has 11 heteroatoms. The van der Waals surface area contributed by atoms with E-state index < -0.39 is 10.0 Å². The lowest BCUT2D eigenvalue weighted by atomic mass is 10.1. The van der Waals surface area contributed by atoms with Crippen molar-refractivity contribution in [2.75, 3.05) is 73.7 Å². The molecule has 0 bridgehead atoms. The number of carbonyl (C=O) groups excluding carboxylic acids is 2. The van der Waals surface area contributed by atoms with E-state index in [-0.39, 0.29) is 42.5 Å². The molecule has 0 radical (unpaired) electrons. The quantitative estimate of drug-likeness (QED) is 0.372. The number of rotatable bonds is 12. The zero-order chi connectivity index (χ0) is 27.2. The van der Waals surface area contributed by atoms with Crippen LogP contribution in [0.1, 0.15) is 36.8 Å². The third-order valence-corrected chi connectivity index (χ3v) is 9.57. The smallest absolute Gasteiger partial charge is 0.248 e. The van der Waals surface area contributed by atoms with Gasteiger partial charge in [0.1, 0.15) is 12.4 Å². The molecule has 37 heavy (non-hydrogen) atoms. The van der Waals surface area contributed by atoms with Crippen LogP contribution in [0.5, 0.6) is 5.75 Å². The second-order valence-electron chi connectivity index (χ2n) is 10.1. The Kier molecular flexibility index (Phi) is 10.3. The Morgan fingerprint density at radius 3 is 2.35 bits per heavy atom. The second-order valence-corrected chi connectivity index (χ2v) is 12.0. The van der Waals surface area contributed by atoms with Gasteiger partial charge in [0.05, 0.1) is 24.7 Å². The lowest BCUT2D eigenvalue weighted by Crippen LogP contribution is -2.42. The highest BCUT2D eigenvalue weighted by atomic mass is 32.2. The number of hydrogen-bond donors (Lipinski definition) is 0. The zero-order valence-corrected chi connectivity index (χ0v) is 23.7. The molecule has 2 aliphatic rings. The average Bonchev–Trinajstić information content (AvgIpc) is 3.56. The molecule has 0 saturated carbocycles. The van der Waals surface area contributed by atoms with Crippen LogP contribution < -0.4 is 4.74 Å². The number of likely N-dealkylation sites (N-methyl/N-ethyl adjacent to an activating group) is 2. The molecule has 10 nitrogen and oxygen atoms in total. The number of sulfonamides is 1. The summed E-state index contributed by atoms with van der Waals surface area (Å²) >= 11 is 0. The number of ether oxygens (including phenoxy) is 2. The number of likely N-dealkylation sites (tertiary alicyclic amines) is 2. The van der Waals surface area contributed by atoms with Crippen molar-refractivity contribution in [2.45, 2.75) is 50.5 Å². The van der Waals surface area contributed by atoms with Crippen molar-refractivity contribution in [1.29, 1.82) is 0 Å². The average molecular weight is 539 g/mol. The maximum absolute atomic E-state index is 13.1. The Morgan fingerprint density at radius 2 is 1.73 bits per heavy atom. The Bertz CT molecular complexity index is 1030. The molecule has 2 aliphatic heterocycles. The molecule has 0 aliphatic carbocycles. The molecule has 2 amide bonds. The minimum Gasteiger partial charge on any atom is -0.497 e. The summed E-state index contributed by atoms with van der Waals surface area (Å²) in [5.41, 5.74) is 1.23. The summed E-state index contributed by atoms with van der Waals surface area (Å²) in [6.07, 6.45) is 3.70. The first-order valence-electron chi connectivity index (χ1n) is 13.0. The predicted octanol–water partition coefficient (Wildman–Crippen LogP) is 1.49. The molecule has 2 saturated heterocycles. The Balaban J connectivity index is 1.41. The summed E-state index contributed by atoms with van der Waals surface area (Å²) in [5.74, 6) is 0.584. The summed E-state index contributed by atoms with van der Waals surface area (Å²) in [6.45, 7) is 7.73. The third-order valence-electron chi connectivity index (χ3n) is 7.41. The number of aryl methyl sites for hydroxylation is 2. The van der Waals surface area contributed by atoms with Gasteiger partial charge < -0.3 is 24.2 Å². The number of benzene rings is 1. The SMILES string of the molecule is COc1cc(C)c(S(=O)(=O)N(C)CCOCC(=O)N(C)[C@H]2CCN(C(=O)CCN3CCCC3)C2)c(C)c1. The van der Waals surface area contributed by atoms with Gasteiger partial charge in [0.25, 0.3) is 0 Å². The van der Waals surface area contributed by atoms with E-state index >= 15 is 0 Å². The Labute approximate surface area is 221 Å². The molecule has 0 N–H and O–H groups in total. The first kappa shape index (κ1) is 29.3. The van der Waals surface area contributed by atoms with Gasteiger partial charge in [-0.25, -0.2) is 8.42 Å². The summed E-state index contributed by atoms with van der Waals surface area (Å²) in [7, 11) is 1.07. The lowest BCUT2D eigenvalue weighted by Gasteiger charge is -2.25. The van der Waals surface area contributed by atoms with E-state index in [1.165, 1.54) is 24.2 Å². The summed E-state index contributed by atoms with van der Waals surface area (Å²) in [6, 6.07) is 3.37. The van der Waals surface area contributed by atoms with Crippen molar-refractivity contribution in [1.82, 2.24) is 19.0 Å². The molecule has 0 unspecified atom stereocenters. The Morgan fingerprint density at radius 1 is 1.08 bits per heavy atom. The van der Waals surface area contributed by atoms with Gasteiger partial charge in [-0.15, -0.1) is 0 Å². The standard InChI is InChI=1S/C26H42N4O6S/c1-20-16-23(35-5)17-21(2)26(20)37(33,34)27(3)14-15-36-19-25(32)28(4)22-8-13-30(18-22)24(31)9-12-29-10-6-7-11-29/h16-17,22H,6-15,18-19H2,1-5H3/t22-/m0/s1. The van der Waals surface area contributed by atoms with Crippen molar-refractivity contribution >= 4 is 21.8 Å². The first-order valence-corrected chi connectivity index (χ1v) is 14.4. The molecule has 3 rings (SSSR count). The number of nitrogens with zero attached hydrogens (tertiary/aromatic N) is 4. The molecule has 2 fully saturated rings. The molecule has 1 atom stereocenters. The number of amides is 2. The van der Waals surface area contributed by atoms with Crippen molar-refractivity contribution in [3.63, 3.8) is 0 Å². The lowest BCUT2D eigenvalue weighted by molar-refractivity contribution is -0.137. The van der Waals surface area contributed by atoms with Crippen LogP contribution >= 0.6 is 0 Å². The minimum atomic E-state index is -3.72. The van der Waals surface area contributed by atoms with Gasteiger partial charge >= 0.3 is 0 Å². The fraction of sp³-hybridized carbons (Fsp3) is 0.692. The van der Waals surface area contributed by atoms with Crippen LogP contribution in [0.25, 0.3) is 0 Å². The van der Waals surface area contributed by atoms with E-state index in [9.17, 15) is 18.0 Å². The highest BCUT2D eigenvalue weighted by Crippen LogP contribution is 2.27. The molecule has 208 valence electrons. The number of methoxy groups -OCH3 is 1. The van der Waals surface area contributed by atoms with E-state index in [2.05, 4.69) is 4.90 Å². The minimum absolute atomic E-state index is 0.0316. The topological polar surface area (TPSA) is 99.7 Å². The van der Waals surface area contributed by atoms with E-state index in [0.29, 0.717) is 36.4 Å². The van der Waals surface area contributed by atoms with Gasteiger partial charge in [0.2, 0.25) is 21.8 Å². The Hall–Kier alpha value is -2.21. The maximum atomic E-state index is 13.1. The highest BCUT2D eigenvalue weighted by molar-refractivity contribution is 7.89. The van der Waals surface area contributed by atoms with Gasteiger partial charge in [0.15, 0.2) is 0 Å². The number of carbonyl (C=O) groups is 2. The molecule has 0 spiro atoms. The maximum Gasteiger partial charge on any atom is 0.248 e. The summed E-state index contributed by atoms with van der Waals surface area (Å²) in [4.78, 5) is 31.3. The monoisotopic (exact) mass is 538 g/mol. The van der Waals surface area contributed by atoms with Crippen molar-refractivity contribution in [3.8, 4) is 5.75 Å². The fourth-order valence-electron chi connectivity index (χ4n) is 5.07. The van der Waals surface area contributed by atoms with Gasteiger partial charge in [-0.2, -0.15) is 4.31 Å². The molecule has 2 heterocycles. The van der Waals surface area contributed by atoms with Gasteiger partial charge in [-0.3, -0.25) is 9.59 Å². The van der Waals surface area contributed by atoms with Crippen molar-refractivity contribution < 1.29 is 27.5 Å². The van der Waals surface area contributed by atoms with Crippen LogP contribution in [0.15, 0.2) is 17.0 Å². The van der Waals surface area contributed by atoms with E-state index in [1.54, 1.807) is 45.0 Å². The second kappa shape index (κ2) is 13.0. The van der Waals surface area contributed by atoms with Crippen LogP contribution in [-0.2, 0) is 24.3 Å². The third kappa shape index (κ3) is 7.43. The number of hydrogen-bond acceptors (Lipinski definition) is 7. The summed E-state index contributed by atoms with van der Waals surface area (Å²) < 4.78 is 38.2. The first-order chi connectivity index (χ1) is 17.5. The zero-order valence-electron chi connectivity index (χ0n) is 22.9. The molecular formula is C26H42N4O6S. The van der Waals surface area contributed by atoms with E-state index in [0.717, 1.165) is 26.1 Å².